The molecule has 0 saturated heterocycles. The molecule has 68 valence electrons. The first-order valence-corrected chi connectivity index (χ1v) is 5.06. The quantitative estimate of drug-likeness (QED) is 0.487. The van der Waals surface area contributed by atoms with Crippen LogP contribution in [0.3, 0.4) is 0 Å². The first kappa shape index (κ1) is 11.4. The molecule has 0 N–H and O–H groups in total. The van der Waals surface area contributed by atoms with Gasteiger partial charge in [0.2, 0.25) is 0 Å². The van der Waals surface area contributed by atoms with Crippen molar-refractivity contribution >= 4 is 15.9 Å². The zero-order chi connectivity index (χ0) is 8.53. The van der Waals surface area contributed by atoms with Gasteiger partial charge in [0.15, 0.2) is 0 Å². The maximum absolute atomic E-state index is 5.38. The lowest BCUT2D eigenvalue weighted by Crippen LogP contribution is -2.08. The Kier molecular flexibility index (Phi) is 8.81. The molecule has 0 aliphatic rings. The summed E-state index contributed by atoms with van der Waals surface area (Å²) in [5.74, 6) is 0.609. The van der Waals surface area contributed by atoms with Gasteiger partial charge in [-0.3, -0.25) is 0 Å². The van der Waals surface area contributed by atoms with Crippen molar-refractivity contribution in [2.75, 3.05) is 32.3 Å². The summed E-state index contributed by atoms with van der Waals surface area (Å²) in [6.07, 6.45) is 0.992. The number of rotatable bonds is 7. The van der Waals surface area contributed by atoms with E-state index in [-0.39, 0.29) is 0 Å². The van der Waals surface area contributed by atoms with E-state index < -0.39 is 0 Å². The molecule has 0 amide bonds. The van der Waals surface area contributed by atoms with E-state index in [1.165, 1.54) is 0 Å². The van der Waals surface area contributed by atoms with Crippen molar-refractivity contribution in [2.45, 2.75) is 13.3 Å². The van der Waals surface area contributed by atoms with E-state index in [4.69, 9.17) is 9.47 Å². The SMILES string of the molecule is COCCCOCC(C)CBr. The summed E-state index contributed by atoms with van der Waals surface area (Å²) in [5, 5.41) is 1.01. The fraction of sp³-hybridized carbons (Fsp3) is 1.00. The van der Waals surface area contributed by atoms with Crippen LogP contribution in [0.4, 0.5) is 0 Å². The van der Waals surface area contributed by atoms with Crippen LogP contribution in [0.5, 0.6) is 0 Å². The fourth-order valence-electron chi connectivity index (χ4n) is 0.634. The van der Waals surface area contributed by atoms with Crippen molar-refractivity contribution in [2.24, 2.45) is 5.92 Å². The molecule has 0 rings (SSSR count). The van der Waals surface area contributed by atoms with Gasteiger partial charge in [-0.2, -0.15) is 0 Å². The van der Waals surface area contributed by atoms with Crippen LogP contribution >= 0.6 is 15.9 Å². The first-order valence-electron chi connectivity index (χ1n) is 3.94. The van der Waals surface area contributed by atoms with Gasteiger partial charge in [-0.05, 0) is 12.3 Å². The van der Waals surface area contributed by atoms with E-state index >= 15 is 0 Å². The van der Waals surface area contributed by atoms with Gasteiger partial charge in [0.25, 0.3) is 0 Å². The van der Waals surface area contributed by atoms with Gasteiger partial charge in [0, 0.05) is 32.3 Å². The van der Waals surface area contributed by atoms with Crippen LogP contribution in [-0.4, -0.2) is 32.3 Å². The number of hydrogen-bond donors (Lipinski definition) is 0. The average molecular weight is 225 g/mol. The Hall–Kier alpha value is 0.400. The lowest BCUT2D eigenvalue weighted by Gasteiger charge is -2.07. The summed E-state index contributed by atoms with van der Waals surface area (Å²) < 4.78 is 10.3. The molecule has 0 aromatic rings. The molecule has 0 aliphatic carbocycles. The van der Waals surface area contributed by atoms with Crippen molar-refractivity contribution in [3.8, 4) is 0 Å². The van der Waals surface area contributed by atoms with E-state index in [9.17, 15) is 0 Å². The summed E-state index contributed by atoms with van der Waals surface area (Å²) in [6, 6.07) is 0. The predicted molar refractivity (Wildman–Crippen MR) is 50.3 cm³/mol. The molecule has 0 aromatic carbocycles. The van der Waals surface area contributed by atoms with Gasteiger partial charge >= 0.3 is 0 Å². The number of alkyl halides is 1. The number of halogens is 1. The van der Waals surface area contributed by atoms with E-state index in [1.54, 1.807) is 7.11 Å². The number of methoxy groups -OCH3 is 1. The Morgan fingerprint density at radius 1 is 1.36 bits per heavy atom. The number of ether oxygens (including phenoxy) is 2. The molecule has 0 saturated carbocycles. The smallest absolute Gasteiger partial charge is 0.0499 e. The molecule has 0 aromatic heterocycles. The lowest BCUT2D eigenvalue weighted by molar-refractivity contribution is 0.0873. The van der Waals surface area contributed by atoms with Crippen molar-refractivity contribution in [1.29, 1.82) is 0 Å². The predicted octanol–water partition coefficient (Wildman–Crippen LogP) is 2.07. The zero-order valence-corrected chi connectivity index (χ0v) is 8.89. The molecule has 0 aliphatic heterocycles. The maximum Gasteiger partial charge on any atom is 0.0499 e. The summed E-state index contributed by atoms with van der Waals surface area (Å²) in [6.45, 7) is 4.61. The second-order valence-corrected chi connectivity index (χ2v) is 3.33. The molecule has 11 heavy (non-hydrogen) atoms. The van der Waals surface area contributed by atoms with Gasteiger partial charge < -0.3 is 9.47 Å². The van der Waals surface area contributed by atoms with Gasteiger partial charge in [-0.25, -0.2) is 0 Å². The van der Waals surface area contributed by atoms with Crippen LogP contribution < -0.4 is 0 Å². The minimum absolute atomic E-state index is 0.609. The van der Waals surface area contributed by atoms with Crippen LogP contribution in [0, 0.1) is 5.92 Å². The molecule has 0 fully saturated rings. The lowest BCUT2D eigenvalue weighted by atomic mass is 10.2. The summed E-state index contributed by atoms with van der Waals surface area (Å²) in [4.78, 5) is 0. The third kappa shape index (κ3) is 8.30. The fourth-order valence-corrected chi connectivity index (χ4v) is 0.821. The molecule has 0 bridgehead atoms. The Balaban J connectivity index is 2.89. The maximum atomic E-state index is 5.38. The second kappa shape index (κ2) is 8.50. The third-order valence-corrected chi connectivity index (χ3v) is 2.41. The topological polar surface area (TPSA) is 18.5 Å². The highest BCUT2D eigenvalue weighted by Crippen LogP contribution is 2.00. The van der Waals surface area contributed by atoms with Gasteiger partial charge in [-0.1, -0.05) is 22.9 Å². The van der Waals surface area contributed by atoms with Gasteiger partial charge in [0.05, 0.1) is 0 Å². The minimum Gasteiger partial charge on any atom is -0.385 e. The van der Waals surface area contributed by atoms with Crippen LogP contribution in [0.2, 0.25) is 0 Å². The highest BCUT2D eigenvalue weighted by Gasteiger charge is 1.98. The van der Waals surface area contributed by atoms with E-state index in [0.29, 0.717) is 5.92 Å². The highest BCUT2D eigenvalue weighted by atomic mass is 79.9. The largest absolute Gasteiger partial charge is 0.385 e. The van der Waals surface area contributed by atoms with Crippen LogP contribution in [0.1, 0.15) is 13.3 Å². The van der Waals surface area contributed by atoms with Crippen molar-refractivity contribution < 1.29 is 9.47 Å². The van der Waals surface area contributed by atoms with Gasteiger partial charge in [0.1, 0.15) is 0 Å². The summed E-state index contributed by atoms with van der Waals surface area (Å²) in [7, 11) is 1.71. The normalized spacial score (nSPS) is 13.4. The first-order chi connectivity index (χ1) is 5.31. The van der Waals surface area contributed by atoms with Crippen molar-refractivity contribution in [3.05, 3.63) is 0 Å². The van der Waals surface area contributed by atoms with E-state index in [2.05, 4.69) is 22.9 Å². The Morgan fingerprint density at radius 2 is 2.09 bits per heavy atom. The molecule has 1 unspecified atom stereocenters. The zero-order valence-electron chi connectivity index (χ0n) is 7.31. The molecule has 0 radical (unpaired) electrons. The number of hydrogen-bond acceptors (Lipinski definition) is 2. The molecule has 2 nitrogen and oxygen atoms in total. The van der Waals surface area contributed by atoms with E-state index in [0.717, 1.165) is 31.6 Å². The Morgan fingerprint density at radius 3 is 2.64 bits per heavy atom. The summed E-state index contributed by atoms with van der Waals surface area (Å²) >= 11 is 3.39. The van der Waals surface area contributed by atoms with Crippen molar-refractivity contribution in [3.63, 3.8) is 0 Å². The second-order valence-electron chi connectivity index (χ2n) is 2.68. The van der Waals surface area contributed by atoms with Crippen molar-refractivity contribution in [1.82, 2.24) is 0 Å². The van der Waals surface area contributed by atoms with Crippen LogP contribution in [-0.2, 0) is 9.47 Å². The standard InChI is InChI=1S/C8H17BrO2/c1-8(6-9)7-11-5-3-4-10-2/h8H,3-7H2,1-2H3. The molecule has 0 spiro atoms. The van der Waals surface area contributed by atoms with Gasteiger partial charge in [-0.15, -0.1) is 0 Å². The summed E-state index contributed by atoms with van der Waals surface area (Å²) in [5.41, 5.74) is 0. The Bertz CT molecular complexity index is 78.5. The monoisotopic (exact) mass is 224 g/mol. The highest BCUT2D eigenvalue weighted by molar-refractivity contribution is 9.09. The third-order valence-electron chi connectivity index (χ3n) is 1.30. The molecular formula is C8H17BrO2. The molecule has 0 heterocycles. The van der Waals surface area contributed by atoms with Crippen LogP contribution in [0.15, 0.2) is 0 Å². The molecular weight excluding hydrogens is 208 g/mol. The van der Waals surface area contributed by atoms with Crippen LogP contribution in [0.25, 0.3) is 0 Å². The Labute approximate surface area is 77.4 Å². The molecule has 1 atom stereocenters. The minimum atomic E-state index is 0.609. The van der Waals surface area contributed by atoms with E-state index in [1.807, 2.05) is 0 Å². The molecule has 3 heteroatoms. The average Bonchev–Trinajstić information content (AvgIpc) is 2.04.